The van der Waals surface area contributed by atoms with Gasteiger partial charge in [-0.2, -0.15) is 0 Å². The molecule has 1 atom stereocenters. The summed E-state index contributed by atoms with van der Waals surface area (Å²) in [6.45, 7) is 4.08. The Labute approximate surface area is 183 Å². The van der Waals surface area contributed by atoms with Crippen LogP contribution in [0.25, 0.3) is 6.08 Å². The molecule has 0 saturated carbocycles. The lowest BCUT2D eigenvalue weighted by Crippen LogP contribution is -2.25. The van der Waals surface area contributed by atoms with Crippen molar-refractivity contribution in [1.29, 1.82) is 0 Å². The predicted molar refractivity (Wildman–Crippen MR) is 128 cm³/mol. The molecule has 0 heterocycles. The number of nitrogens with two attached hydrogens (primary N) is 1. The third-order valence-electron chi connectivity index (χ3n) is 4.93. The molecule has 0 radical (unpaired) electrons. The first kappa shape index (κ1) is 21.8. The van der Waals surface area contributed by atoms with Crippen LogP contribution in [0.4, 0.5) is 17.1 Å². The van der Waals surface area contributed by atoms with Crippen LogP contribution in [0.3, 0.4) is 0 Å². The van der Waals surface area contributed by atoms with E-state index in [1.807, 2.05) is 80.6 Å². The Hall–Kier alpha value is -3.86. The number of rotatable bonds is 7. The molecule has 0 aliphatic carbocycles. The summed E-state index contributed by atoms with van der Waals surface area (Å²) >= 11 is 0. The molecule has 0 fully saturated rings. The summed E-state index contributed by atoms with van der Waals surface area (Å²) in [5.41, 5.74) is 9.48. The van der Waals surface area contributed by atoms with Gasteiger partial charge in [0, 0.05) is 11.8 Å². The molecule has 0 aromatic heterocycles. The summed E-state index contributed by atoms with van der Waals surface area (Å²) < 4.78 is 0. The minimum atomic E-state index is -0.266. The number of hydrogen-bond acceptors (Lipinski definition) is 3. The van der Waals surface area contributed by atoms with Gasteiger partial charge in [-0.1, -0.05) is 68.4 Å². The average molecular weight is 414 g/mol. The fourth-order valence-electron chi connectivity index (χ4n) is 3.35. The van der Waals surface area contributed by atoms with Gasteiger partial charge in [0.2, 0.25) is 11.8 Å². The second kappa shape index (κ2) is 10.3. The molecule has 0 aliphatic rings. The van der Waals surface area contributed by atoms with Gasteiger partial charge in [-0.25, -0.2) is 0 Å². The van der Waals surface area contributed by atoms with Crippen molar-refractivity contribution in [1.82, 2.24) is 0 Å². The topological polar surface area (TPSA) is 84.2 Å². The van der Waals surface area contributed by atoms with Crippen LogP contribution in [0.5, 0.6) is 0 Å². The van der Waals surface area contributed by atoms with Crippen LogP contribution in [-0.4, -0.2) is 11.8 Å². The van der Waals surface area contributed by atoms with Crippen molar-refractivity contribution in [3.05, 3.63) is 96.1 Å². The number of para-hydroxylation sites is 2. The SMILES string of the molecule is CC(C)[C@H](C(=O)Nc1ccc(/C=C/C(=O)Nc2ccccc2N)cc1)c1ccccc1. The Balaban J connectivity index is 1.62. The van der Waals surface area contributed by atoms with Crippen molar-refractivity contribution >= 4 is 35.0 Å². The lowest BCUT2D eigenvalue weighted by Gasteiger charge is -2.20. The van der Waals surface area contributed by atoms with Gasteiger partial charge in [-0.15, -0.1) is 0 Å². The predicted octanol–water partition coefficient (Wildman–Crippen LogP) is 5.30. The first-order chi connectivity index (χ1) is 14.9. The zero-order valence-electron chi connectivity index (χ0n) is 17.7. The van der Waals surface area contributed by atoms with Gasteiger partial charge in [0.25, 0.3) is 0 Å². The van der Waals surface area contributed by atoms with E-state index in [4.69, 9.17) is 5.73 Å². The third-order valence-corrected chi connectivity index (χ3v) is 4.93. The number of carbonyl (C=O) groups excluding carboxylic acids is 2. The molecule has 31 heavy (non-hydrogen) atoms. The number of hydrogen-bond donors (Lipinski definition) is 3. The Morgan fingerprint density at radius 2 is 1.48 bits per heavy atom. The minimum absolute atomic E-state index is 0.0377. The quantitative estimate of drug-likeness (QED) is 0.363. The highest BCUT2D eigenvalue weighted by atomic mass is 16.2. The van der Waals surface area contributed by atoms with E-state index >= 15 is 0 Å². The molecule has 5 heteroatoms. The molecule has 0 unspecified atom stereocenters. The van der Waals surface area contributed by atoms with Crippen LogP contribution in [0, 0.1) is 5.92 Å². The maximum Gasteiger partial charge on any atom is 0.248 e. The summed E-state index contributed by atoms with van der Waals surface area (Å²) in [6, 6.07) is 24.2. The second-order valence-corrected chi connectivity index (χ2v) is 7.65. The molecule has 158 valence electrons. The molecule has 2 amide bonds. The van der Waals surface area contributed by atoms with Crippen LogP contribution >= 0.6 is 0 Å². The highest BCUT2D eigenvalue weighted by Crippen LogP contribution is 2.26. The summed E-state index contributed by atoms with van der Waals surface area (Å²) in [5, 5.41) is 5.75. The fraction of sp³-hybridized carbons (Fsp3) is 0.154. The zero-order chi connectivity index (χ0) is 22.2. The summed E-state index contributed by atoms with van der Waals surface area (Å²) in [6.07, 6.45) is 3.16. The number of amides is 2. The number of anilines is 3. The molecule has 0 spiro atoms. The normalized spacial score (nSPS) is 12.0. The standard InChI is InChI=1S/C26H27N3O2/c1-18(2)25(20-8-4-3-5-9-20)26(31)28-21-15-12-19(13-16-21)14-17-24(30)29-23-11-7-6-10-22(23)27/h3-18,25H,27H2,1-2H3,(H,28,31)(H,29,30)/b17-14+/t25-/m0/s1. The Bertz CT molecular complexity index is 1060. The largest absolute Gasteiger partial charge is 0.397 e. The number of benzene rings is 3. The van der Waals surface area contributed by atoms with Crippen LogP contribution in [0.1, 0.15) is 30.9 Å². The van der Waals surface area contributed by atoms with Gasteiger partial charge in [0.1, 0.15) is 0 Å². The van der Waals surface area contributed by atoms with Crippen molar-refractivity contribution in [3.8, 4) is 0 Å². The van der Waals surface area contributed by atoms with Crippen LogP contribution in [0.15, 0.2) is 84.9 Å². The van der Waals surface area contributed by atoms with Gasteiger partial charge < -0.3 is 16.4 Å². The van der Waals surface area contributed by atoms with Crippen molar-refractivity contribution in [3.63, 3.8) is 0 Å². The van der Waals surface area contributed by atoms with Gasteiger partial charge in [0.15, 0.2) is 0 Å². The van der Waals surface area contributed by atoms with E-state index in [1.54, 1.807) is 18.2 Å². The minimum Gasteiger partial charge on any atom is -0.397 e. The molecule has 4 N–H and O–H groups in total. The van der Waals surface area contributed by atoms with Crippen LogP contribution < -0.4 is 16.4 Å². The highest BCUT2D eigenvalue weighted by Gasteiger charge is 2.23. The molecule has 0 saturated heterocycles. The summed E-state index contributed by atoms with van der Waals surface area (Å²) in [5.74, 6) is -0.362. The Kier molecular flexibility index (Phi) is 7.22. The molecule has 5 nitrogen and oxygen atoms in total. The lowest BCUT2D eigenvalue weighted by atomic mass is 9.87. The number of nitrogen functional groups attached to an aromatic ring is 1. The van der Waals surface area contributed by atoms with Crippen molar-refractivity contribution in [2.75, 3.05) is 16.4 Å². The van der Waals surface area contributed by atoms with Crippen molar-refractivity contribution in [2.45, 2.75) is 19.8 Å². The van der Waals surface area contributed by atoms with Gasteiger partial charge in [-0.05, 0) is 47.4 Å². The van der Waals surface area contributed by atoms with E-state index in [2.05, 4.69) is 10.6 Å². The second-order valence-electron chi connectivity index (χ2n) is 7.65. The molecule has 3 rings (SSSR count). The summed E-state index contributed by atoms with van der Waals surface area (Å²) in [4.78, 5) is 25.0. The van der Waals surface area contributed by atoms with E-state index in [1.165, 1.54) is 6.08 Å². The molecule has 3 aromatic carbocycles. The Morgan fingerprint density at radius 1 is 0.839 bits per heavy atom. The monoisotopic (exact) mass is 413 g/mol. The van der Waals surface area contributed by atoms with Crippen LogP contribution in [0.2, 0.25) is 0 Å². The highest BCUT2D eigenvalue weighted by molar-refractivity contribution is 6.03. The molecule has 3 aromatic rings. The van der Waals surface area contributed by atoms with Gasteiger partial charge in [-0.3, -0.25) is 9.59 Å². The zero-order valence-corrected chi connectivity index (χ0v) is 17.7. The number of carbonyl (C=O) groups is 2. The molecular weight excluding hydrogens is 386 g/mol. The van der Waals surface area contributed by atoms with E-state index in [0.717, 1.165) is 11.1 Å². The average Bonchev–Trinajstić information content (AvgIpc) is 2.75. The maximum absolute atomic E-state index is 12.9. The maximum atomic E-state index is 12.9. The summed E-state index contributed by atoms with van der Waals surface area (Å²) in [7, 11) is 0. The van der Waals surface area contributed by atoms with E-state index in [-0.39, 0.29) is 23.7 Å². The van der Waals surface area contributed by atoms with Crippen LogP contribution in [-0.2, 0) is 9.59 Å². The first-order valence-electron chi connectivity index (χ1n) is 10.2. The molecule has 0 bridgehead atoms. The van der Waals surface area contributed by atoms with E-state index in [9.17, 15) is 9.59 Å². The lowest BCUT2D eigenvalue weighted by molar-refractivity contribution is -0.118. The Morgan fingerprint density at radius 3 is 2.13 bits per heavy atom. The first-order valence-corrected chi connectivity index (χ1v) is 10.2. The number of nitrogens with one attached hydrogen (secondary N) is 2. The van der Waals surface area contributed by atoms with Gasteiger partial charge in [0.05, 0.1) is 17.3 Å². The molecule has 0 aliphatic heterocycles. The van der Waals surface area contributed by atoms with Gasteiger partial charge >= 0.3 is 0 Å². The molecular formula is C26H27N3O2. The van der Waals surface area contributed by atoms with E-state index < -0.39 is 0 Å². The van der Waals surface area contributed by atoms with Crippen molar-refractivity contribution in [2.24, 2.45) is 5.92 Å². The van der Waals surface area contributed by atoms with Crippen molar-refractivity contribution < 1.29 is 9.59 Å². The van der Waals surface area contributed by atoms with E-state index in [0.29, 0.717) is 17.1 Å². The smallest absolute Gasteiger partial charge is 0.248 e. The fourth-order valence-corrected chi connectivity index (χ4v) is 3.35. The third kappa shape index (κ3) is 6.06.